The molecule has 176 valence electrons. The van der Waals surface area contributed by atoms with Gasteiger partial charge in [-0.15, -0.1) is 0 Å². The van der Waals surface area contributed by atoms with Gasteiger partial charge >= 0.3 is 0 Å². The second-order valence-electron chi connectivity index (χ2n) is 7.74. The smallest absolute Gasteiger partial charge is 0.264 e. The summed E-state index contributed by atoms with van der Waals surface area (Å²) in [5.41, 5.74) is 1.74. The number of ether oxygens (including phenoxy) is 1. The number of anilines is 3. The van der Waals surface area contributed by atoms with E-state index in [1.165, 1.54) is 30.5 Å². The first kappa shape index (κ1) is 23.2. The average molecular weight is 482 g/mol. The lowest BCUT2D eigenvalue weighted by Crippen LogP contribution is -2.28. The number of carbonyl (C=O) groups excluding carboxylic acids is 2. The molecule has 0 bridgehead atoms. The third kappa shape index (κ3) is 5.15. The molecule has 1 aliphatic heterocycles. The summed E-state index contributed by atoms with van der Waals surface area (Å²) >= 11 is 0. The summed E-state index contributed by atoms with van der Waals surface area (Å²) in [6, 6.07) is 14.4. The van der Waals surface area contributed by atoms with Crippen molar-refractivity contribution in [3.05, 3.63) is 66.5 Å². The lowest BCUT2D eigenvalue weighted by molar-refractivity contribution is -0.122. The molecular formula is C23H23N5O5S. The van der Waals surface area contributed by atoms with Crippen LogP contribution in [-0.2, 0) is 19.6 Å². The molecule has 2 aromatic carbocycles. The third-order valence-electron chi connectivity index (χ3n) is 5.33. The van der Waals surface area contributed by atoms with E-state index in [0.29, 0.717) is 22.8 Å². The molecule has 2 heterocycles. The van der Waals surface area contributed by atoms with Crippen molar-refractivity contribution in [3.8, 4) is 5.75 Å². The topological polar surface area (TPSA) is 131 Å². The molecule has 10 nitrogen and oxygen atoms in total. The van der Waals surface area contributed by atoms with Crippen LogP contribution in [0, 0.1) is 12.8 Å². The standard InChI is InChI=1S/C23H23N5O5S/c1-15-11-12-24-23(25-15)27-34(31,32)20-9-3-17(4-10-20)26-22(30)16-13-21(29)28(14-16)18-5-7-19(33-2)8-6-18/h3-12,16H,13-14H2,1-2H3,(H,26,30)(H,24,25,27)/t16-/m0/s1. The number of carbonyl (C=O) groups is 2. The maximum absolute atomic E-state index is 12.7. The Kier molecular flexibility index (Phi) is 6.46. The fourth-order valence-electron chi connectivity index (χ4n) is 3.53. The van der Waals surface area contributed by atoms with Gasteiger partial charge in [-0.2, -0.15) is 0 Å². The number of aryl methyl sites for hydroxylation is 1. The summed E-state index contributed by atoms with van der Waals surface area (Å²) in [5, 5.41) is 2.75. The number of amides is 2. The molecule has 34 heavy (non-hydrogen) atoms. The molecule has 2 amide bonds. The maximum atomic E-state index is 12.7. The molecule has 0 aliphatic carbocycles. The van der Waals surface area contributed by atoms with Gasteiger partial charge < -0.3 is 15.0 Å². The van der Waals surface area contributed by atoms with Crippen LogP contribution in [0.1, 0.15) is 12.1 Å². The van der Waals surface area contributed by atoms with E-state index in [9.17, 15) is 18.0 Å². The zero-order chi connectivity index (χ0) is 24.3. The zero-order valence-electron chi connectivity index (χ0n) is 18.6. The highest BCUT2D eigenvalue weighted by Crippen LogP contribution is 2.28. The molecule has 0 spiro atoms. The van der Waals surface area contributed by atoms with E-state index >= 15 is 0 Å². The number of rotatable bonds is 7. The average Bonchev–Trinajstić information content (AvgIpc) is 3.21. The number of methoxy groups -OCH3 is 1. The predicted octanol–water partition coefficient (Wildman–Crippen LogP) is 2.59. The van der Waals surface area contributed by atoms with Crippen LogP contribution in [0.2, 0.25) is 0 Å². The van der Waals surface area contributed by atoms with Crippen molar-refractivity contribution in [3.63, 3.8) is 0 Å². The normalized spacial score (nSPS) is 15.8. The molecule has 0 radical (unpaired) electrons. The highest BCUT2D eigenvalue weighted by Gasteiger charge is 2.35. The van der Waals surface area contributed by atoms with Gasteiger partial charge in [0.15, 0.2) is 0 Å². The van der Waals surface area contributed by atoms with E-state index in [-0.39, 0.29) is 35.6 Å². The highest BCUT2D eigenvalue weighted by atomic mass is 32.2. The SMILES string of the molecule is COc1ccc(N2C[C@@H](C(=O)Nc3ccc(S(=O)(=O)Nc4nccc(C)n4)cc3)CC2=O)cc1. The van der Waals surface area contributed by atoms with Crippen molar-refractivity contribution in [1.82, 2.24) is 9.97 Å². The summed E-state index contributed by atoms with van der Waals surface area (Å²) < 4.78 is 32.6. The Labute approximate surface area is 197 Å². The zero-order valence-corrected chi connectivity index (χ0v) is 19.4. The Morgan fingerprint density at radius 1 is 1.09 bits per heavy atom. The second kappa shape index (κ2) is 9.48. The first-order chi connectivity index (χ1) is 16.2. The summed E-state index contributed by atoms with van der Waals surface area (Å²) in [6.45, 7) is 1.98. The molecule has 4 rings (SSSR count). The number of benzene rings is 2. The van der Waals surface area contributed by atoms with Crippen LogP contribution in [0.25, 0.3) is 0 Å². The van der Waals surface area contributed by atoms with Crippen molar-refractivity contribution in [2.45, 2.75) is 18.2 Å². The van der Waals surface area contributed by atoms with Crippen molar-refractivity contribution in [2.24, 2.45) is 5.92 Å². The summed E-state index contributed by atoms with van der Waals surface area (Å²) in [6.07, 6.45) is 1.55. The Balaban J connectivity index is 1.39. The predicted molar refractivity (Wildman–Crippen MR) is 126 cm³/mol. The van der Waals surface area contributed by atoms with Crippen molar-refractivity contribution in [2.75, 3.05) is 28.6 Å². The molecule has 3 aromatic rings. The van der Waals surface area contributed by atoms with Crippen molar-refractivity contribution >= 4 is 39.2 Å². The number of hydrogen-bond acceptors (Lipinski definition) is 7. The van der Waals surface area contributed by atoms with E-state index in [2.05, 4.69) is 20.0 Å². The lowest BCUT2D eigenvalue weighted by Gasteiger charge is -2.17. The molecule has 1 atom stereocenters. The maximum Gasteiger partial charge on any atom is 0.264 e. The van der Waals surface area contributed by atoms with Crippen LogP contribution in [0.4, 0.5) is 17.3 Å². The minimum atomic E-state index is -3.89. The van der Waals surface area contributed by atoms with Gasteiger partial charge in [-0.05, 0) is 61.5 Å². The van der Waals surface area contributed by atoms with E-state index in [0.717, 1.165) is 0 Å². The Hall–Kier alpha value is -3.99. The largest absolute Gasteiger partial charge is 0.497 e. The third-order valence-corrected chi connectivity index (χ3v) is 6.68. The van der Waals surface area contributed by atoms with E-state index in [4.69, 9.17) is 4.74 Å². The van der Waals surface area contributed by atoms with Crippen molar-refractivity contribution < 1.29 is 22.7 Å². The van der Waals surface area contributed by atoms with Crippen LogP contribution >= 0.6 is 0 Å². The molecule has 0 saturated carbocycles. The molecule has 0 unspecified atom stereocenters. The second-order valence-corrected chi connectivity index (χ2v) is 9.43. The minimum Gasteiger partial charge on any atom is -0.497 e. The van der Waals surface area contributed by atoms with Gasteiger partial charge in [0.2, 0.25) is 17.8 Å². The fourth-order valence-corrected chi connectivity index (χ4v) is 4.48. The van der Waals surface area contributed by atoms with Gasteiger partial charge in [0, 0.05) is 36.2 Å². The molecule has 2 N–H and O–H groups in total. The number of sulfonamides is 1. The first-order valence-corrected chi connectivity index (χ1v) is 11.9. The van der Waals surface area contributed by atoms with Crippen LogP contribution < -0.4 is 19.7 Å². The molecule has 11 heteroatoms. The van der Waals surface area contributed by atoms with Crippen LogP contribution in [0.5, 0.6) is 5.75 Å². The molecule has 1 aromatic heterocycles. The van der Waals surface area contributed by atoms with Crippen LogP contribution in [-0.4, -0.2) is 43.9 Å². The first-order valence-electron chi connectivity index (χ1n) is 10.4. The quantitative estimate of drug-likeness (QED) is 0.530. The van der Waals surface area contributed by atoms with Crippen LogP contribution in [0.15, 0.2) is 65.7 Å². The minimum absolute atomic E-state index is 0.00247. The number of aromatic nitrogens is 2. The lowest BCUT2D eigenvalue weighted by atomic mass is 10.1. The van der Waals surface area contributed by atoms with Gasteiger partial charge in [-0.25, -0.2) is 23.1 Å². The van der Waals surface area contributed by atoms with E-state index < -0.39 is 15.9 Å². The molecular weight excluding hydrogens is 458 g/mol. The summed E-state index contributed by atoms with van der Waals surface area (Å²) in [4.78, 5) is 34.7. The van der Waals surface area contributed by atoms with Gasteiger partial charge in [-0.1, -0.05) is 0 Å². The highest BCUT2D eigenvalue weighted by molar-refractivity contribution is 7.92. The number of nitrogens with zero attached hydrogens (tertiary/aromatic N) is 3. The monoisotopic (exact) mass is 481 g/mol. The van der Waals surface area contributed by atoms with Crippen LogP contribution in [0.3, 0.4) is 0 Å². The number of hydrogen-bond donors (Lipinski definition) is 2. The summed E-state index contributed by atoms with van der Waals surface area (Å²) in [7, 11) is -2.33. The van der Waals surface area contributed by atoms with Gasteiger partial charge in [0.25, 0.3) is 10.0 Å². The Morgan fingerprint density at radius 3 is 2.44 bits per heavy atom. The van der Waals surface area contributed by atoms with E-state index in [1.807, 2.05) is 0 Å². The Bertz CT molecular complexity index is 1310. The fraction of sp³-hybridized carbons (Fsp3) is 0.217. The number of nitrogens with one attached hydrogen (secondary N) is 2. The Morgan fingerprint density at radius 2 is 1.79 bits per heavy atom. The van der Waals surface area contributed by atoms with Gasteiger partial charge in [0.05, 0.1) is 17.9 Å². The van der Waals surface area contributed by atoms with Gasteiger partial charge in [-0.3, -0.25) is 9.59 Å². The summed E-state index contributed by atoms with van der Waals surface area (Å²) in [5.74, 6) is -0.331. The molecule has 1 saturated heterocycles. The molecule has 1 aliphatic rings. The van der Waals surface area contributed by atoms with E-state index in [1.54, 1.807) is 49.3 Å². The van der Waals surface area contributed by atoms with Crippen molar-refractivity contribution in [1.29, 1.82) is 0 Å². The van der Waals surface area contributed by atoms with Gasteiger partial charge in [0.1, 0.15) is 5.75 Å². The molecule has 1 fully saturated rings.